The van der Waals surface area contributed by atoms with Gasteiger partial charge in [-0.05, 0) is 28.6 Å². The van der Waals surface area contributed by atoms with Crippen molar-refractivity contribution in [3.63, 3.8) is 0 Å². The predicted octanol–water partition coefficient (Wildman–Crippen LogP) is 5.61. The second kappa shape index (κ2) is 8.89. The van der Waals surface area contributed by atoms with Gasteiger partial charge in [0.25, 0.3) is 0 Å². The van der Waals surface area contributed by atoms with E-state index in [0.717, 1.165) is 30.4 Å². The summed E-state index contributed by atoms with van der Waals surface area (Å²) in [7, 11) is 0. The first kappa shape index (κ1) is 19.3. The molecule has 1 atom stereocenters. The first-order chi connectivity index (χ1) is 12.5. The van der Waals surface area contributed by atoms with E-state index in [1.165, 1.54) is 0 Å². The van der Waals surface area contributed by atoms with Crippen LogP contribution in [0, 0.1) is 0 Å². The van der Waals surface area contributed by atoms with E-state index in [-0.39, 0.29) is 5.92 Å². The van der Waals surface area contributed by atoms with Crippen molar-refractivity contribution in [3.8, 4) is 0 Å². The highest BCUT2D eigenvalue weighted by atomic mass is 15.1. The lowest BCUT2D eigenvalue weighted by atomic mass is 9.79. The van der Waals surface area contributed by atoms with Gasteiger partial charge in [0.1, 0.15) is 0 Å². The van der Waals surface area contributed by atoms with Crippen LogP contribution in [0.1, 0.15) is 43.2 Å². The summed E-state index contributed by atoms with van der Waals surface area (Å²) in [5, 5.41) is 7.16. The molecule has 0 saturated carbocycles. The summed E-state index contributed by atoms with van der Waals surface area (Å²) in [4.78, 5) is 5.56. The number of azide groups is 2. The molecule has 0 heterocycles. The molecule has 0 bridgehead atoms. The number of benzene rings is 2. The lowest BCUT2D eigenvalue weighted by Gasteiger charge is -2.35. The molecular formula is C18H22N8. The molecule has 8 heteroatoms. The van der Waals surface area contributed by atoms with E-state index >= 15 is 0 Å². The number of nitrogens with two attached hydrogens (primary N) is 2. The molecule has 26 heavy (non-hydrogen) atoms. The summed E-state index contributed by atoms with van der Waals surface area (Å²) in [5.74, 6) is -0.118. The Labute approximate surface area is 152 Å². The van der Waals surface area contributed by atoms with E-state index in [0.29, 0.717) is 11.4 Å². The molecule has 4 N–H and O–H groups in total. The Morgan fingerprint density at radius 1 is 0.923 bits per heavy atom. The first-order valence-corrected chi connectivity index (χ1v) is 8.41. The topological polar surface area (TPSA) is 150 Å². The maximum atomic E-state index is 8.54. The van der Waals surface area contributed by atoms with Crippen LogP contribution < -0.4 is 11.5 Å². The normalized spacial score (nSPS) is 12.0. The fourth-order valence-electron chi connectivity index (χ4n) is 2.98. The van der Waals surface area contributed by atoms with Gasteiger partial charge in [-0.1, -0.05) is 78.5 Å². The highest BCUT2D eigenvalue weighted by Crippen LogP contribution is 2.36. The molecule has 0 fully saturated rings. The minimum atomic E-state index is -1.09. The zero-order valence-electron chi connectivity index (χ0n) is 14.7. The lowest BCUT2D eigenvalue weighted by Crippen LogP contribution is -2.51. The van der Waals surface area contributed by atoms with Gasteiger partial charge < -0.3 is 11.5 Å². The Morgan fingerprint density at radius 2 is 1.42 bits per heavy atom. The van der Waals surface area contributed by atoms with Crippen LogP contribution in [0.25, 0.3) is 20.9 Å². The van der Waals surface area contributed by atoms with Gasteiger partial charge in [-0.3, -0.25) is 0 Å². The van der Waals surface area contributed by atoms with Gasteiger partial charge >= 0.3 is 0 Å². The second-order valence-corrected chi connectivity index (χ2v) is 6.15. The Bertz CT molecular complexity index is 813. The molecular weight excluding hydrogens is 328 g/mol. The standard InChI is InChI=1S/C18H22N8/c1-2-3-4-17(13-5-9-15(10-6-13)23-25-21)18(19,20)14-7-11-16(12-8-14)24-26-22/h5-12,17H,2-4,19-20H2,1H3. The fourth-order valence-corrected chi connectivity index (χ4v) is 2.98. The highest BCUT2D eigenvalue weighted by molar-refractivity contribution is 5.44. The average molecular weight is 350 g/mol. The fraction of sp³-hybridized carbons (Fsp3) is 0.333. The molecule has 0 radical (unpaired) electrons. The second-order valence-electron chi connectivity index (χ2n) is 6.15. The Hall–Kier alpha value is -3.02. The third-order valence-corrected chi connectivity index (χ3v) is 4.41. The lowest BCUT2D eigenvalue weighted by molar-refractivity contribution is 0.341. The molecule has 0 aliphatic heterocycles. The van der Waals surface area contributed by atoms with Crippen molar-refractivity contribution in [1.29, 1.82) is 0 Å². The number of rotatable bonds is 8. The van der Waals surface area contributed by atoms with Crippen LogP contribution in [0.5, 0.6) is 0 Å². The van der Waals surface area contributed by atoms with Gasteiger partial charge in [0.05, 0.1) is 5.66 Å². The van der Waals surface area contributed by atoms with Crippen LogP contribution in [0.4, 0.5) is 11.4 Å². The summed E-state index contributed by atoms with van der Waals surface area (Å²) >= 11 is 0. The zero-order valence-corrected chi connectivity index (χ0v) is 14.7. The number of hydrogen-bond acceptors (Lipinski definition) is 4. The van der Waals surface area contributed by atoms with Gasteiger partial charge in [-0.2, -0.15) is 0 Å². The summed E-state index contributed by atoms with van der Waals surface area (Å²) in [5.41, 5.74) is 31.9. The Balaban J connectivity index is 2.39. The van der Waals surface area contributed by atoms with Crippen LogP contribution in [-0.4, -0.2) is 0 Å². The van der Waals surface area contributed by atoms with Gasteiger partial charge in [0.2, 0.25) is 0 Å². The van der Waals surface area contributed by atoms with Gasteiger partial charge in [0.15, 0.2) is 0 Å². The molecule has 0 amide bonds. The van der Waals surface area contributed by atoms with Crippen LogP contribution in [0.15, 0.2) is 58.8 Å². The zero-order chi connectivity index (χ0) is 19.0. The Morgan fingerprint density at radius 3 is 1.88 bits per heavy atom. The van der Waals surface area contributed by atoms with Crippen LogP contribution in [-0.2, 0) is 5.66 Å². The summed E-state index contributed by atoms with van der Waals surface area (Å²) in [6.45, 7) is 2.12. The van der Waals surface area contributed by atoms with Crippen molar-refractivity contribution in [2.75, 3.05) is 0 Å². The minimum absolute atomic E-state index is 0.118. The van der Waals surface area contributed by atoms with Gasteiger partial charge in [0, 0.05) is 27.1 Å². The van der Waals surface area contributed by atoms with E-state index in [2.05, 4.69) is 27.0 Å². The molecule has 8 nitrogen and oxygen atoms in total. The molecule has 1 unspecified atom stereocenters. The molecule has 0 spiro atoms. The van der Waals surface area contributed by atoms with E-state index in [4.69, 9.17) is 22.5 Å². The van der Waals surface area contributed by atoms with Crippen molar-refractivity contribution >= 4 is 11.4 Å². The van der Waals surface area contributed by atoms with Crippen LogP contribution in [0.3, 0.4) is 0 Å². The molecule has 0 saturated heterocycles. The first-order valence-electron chi connectivity index (χ1n) is 8.41. The average Bonchev–Trinajstić information content (AvgIpc) is 2.64. The predicted molar refractivity (Wildman–Crippen MR) is 103 cm³/mol. The van der Waals surface area contributed by atoms with Crippen LogP contribution in [0.2, 0.25) is 0 Å². The summed E-state index contributed by atoms with van der Waals surface area (Å²) in [6, 6.07) is 14.3. The molecule has 2 rings (SSSR count). The molecule has 2 aromatic rings. The SMILES string of the molecule is CCCCC(c1ccc(N=[N+]=[N-])cc1)C(N)(N)c1ccc(N=[N+]=[N-])cc1. The maximum absolute atomic E-state index is 8.54. The molecule has 134 valence electrons. The molecule has 0 aliphatic rings. The monoisotopic (exact) mass is 350 g/mol. The molecule has 0 aliphatic carbocycles. The summed E-state index contributed by atoms with van der Waals surface area (Å²) < 4.78 is 0. The van der Waals surface area contributed by atoms with Crippen molar-refractivity contribution < 1.29 is 0 Å². The highest BCUT2D eigenvalue weighted by Gasteiger charge is 2.33. The summed E-state index contributed by atoms with van der Waals surface area (Å²) in [6.07, 6.45) is 2.83. The van der Waals surface area contributed by atoms with E-state index in [9.17, 15) is 0 Å². The minimum Gasteiger partial charge on any atom is -0.309 e. The molecule has 0 aromatic heterocycles. The van der Waals surface area contributed by atoms with E-state index < -0.39 is 5.66 Å². The quantitative estimate of drug-likeness (QED) is 0.275. The Kier molecular flexibility index (Phi) is 6.60. The smallest absolute Gasteiger partial charge is 0.0969 e. The van der Waals surface area contributed by atoms with Gasteiger partial charge in [-0.15, -0.1) is 0 Å². The number of nitrogens with zero attached hydrogens (tertiary/aromatic N) is 6. The van der Waals surface area contributed by atoms with Crippen molar-refractivity contribution in [1.82, 2.24) is 0 Å². The van der Waals surface area contributed by atoms with Crippen molar-refractivity contribution in [2.24, 2.45) is 21.7 Å². The number of unbranched alkanes of at least 4 members (excludes halogenated alkanes) is 1. The van der Waals surface area contributed by atoms with Gasteiger partial charge in [-0.25, -0.2) is 0 Å². The maximum Gasteiger partial charge on any atom is 0.0969 e. The van der Waals surface area contributed by atoms with Crippen LogP contribution >= 0.6 is 0 Å². The van der Waals surface area contributed by atoms with Crippen molar-refractivity contribution in [2.45, 2.75) is 37.8 Å². The largest absolute Gasteiger partial charge is 0.309 e. The third kappa shape index (κ3) is 4.53. The van der Waals surface area contributed by atoms with E-state index in [1.54, 1.807) is 36.4 Å². The van der Waals surface area contributed by atoms with E-state index in [1.807, 2.05) is 12.1 Å². The van der Waals surface area contributed by atoms with Crippen molar-refractivity contribution in [3.05, 3.63) is 80.5 Å². The molecule has 2 aromatic carbocycles. The third-order valence-electron chi connectivity index (χ3n) is 4.41. The number of hydrogen-bond donors (Lipinski definition) is 2.